The third-order valence-electron chi connectivity index (χ3n) is 3.28. The lowest BCUT2D eigenvalue weighted by Crippen LogP contribution is -2.26. The van der Waals surface area contributed by atoms with E-state index in [4.69, 9.17) is 4.74 Å². The fourth-order valence-electron chi connectivity index (χ4n) is 2.07. The second kappa shape index (κ2) is 7.58. The third kappa shape index (κ3) is 4.67. The molecule has 122 valence electrons. The summed E-state index contributed by atoms with van der Waals surface area (Å²) >= 11 is 0. The van der Waals surface area contributed by atoms with E-state index in [1.165, 1.54) is 12.1 Å². The van der Waals surface area contributed by atoms with Gasteiger partial charge >= 0.3 is 6.61 Å². The minimum absolute atomic E-state index is 0.0584. The van der Waals surface area contributed by atoms with Gasteiger partial charge in [0.05, 0.1) is 13.2 Å². The van der Waals surface area contributed by atoms with E-state index in [1.54, 1.807) is 50.4 Å². The highest BCUT2D eigenvalue weighted by Crippen LogP contribution is 2.21. The van der Waals surface area contributed by atoms with Gasteiger partial charge in [0.1, 0.15) is 11.5 Å². The molecule has 0 aromatic heterocycles. The van der Waals surface area contributed by atoms with Crippen molar-refractivity contribution < 1.29 is 23.0 Å². The maximum absolute atomic E-state index is 12.2. The second-order valence-electron chi connectivity index (χ2n) is 4.87. The van der Waals surface area contributed by atoms with Crippen LogP contribution in [0.3, 0.4) is 0 Å². The van der Waals surface area contributed by atoms with Crippen molar-refractivity contribution in [3.8, 4) is 11.5 Å². The highest BCUT2D eigenvalue weighted by Gasteiger charge is 2.13. The van der Waals surface area contributed by atoms with Crippen LogP contribution in [0.25, 0.3) is 0 Å². The van der Waals surface area contributed by atoms with E-state index in [-0.39, 0.29) is 17.7 Å². The summed E-state index contributed by atoms with van der Waals surface area (Å²) in [7, 11) is 1.55. The Morgan fingerprint density at radius 2 is 1.78 bits per heavy atom. The van der Waals surface area contributed by atoms with Crippen molar-refractivity contribution in [1.82, 2.24) is 5.32 Å². The van der Waals surface area contributed by atoms with Crippen molar-refractivity contribution in [3.05, 3.63) is 59.7 Å². The molecule has 0 saturated carbocycles. The predicted molar refractivity (Wildman–Crippen MR) is 81.9 cm³/mol. The van der Waals surface area contributed by atoms with Crippen LogP contribution < -0.4 is 14.8 Å². The first-order chi connectivity index (χ1) is 11.0. The van der Waals surface area contributed by atoms with Gasteiger partial charge in [0, 0.05) is 5.56 Å². The zero-order valence-electron chi connectivity index (χ0n) is 12.8. The van der Waals surface area contributed by atoms with Gasteiger partial charge in [-0.15, -0.1) is 0 Å². The molecule has 0 aliphatic rings. The molecular formula is C17H17F2NO3. The van der Waals surface area contributed by atoms with Crippen LogP contribution in [0.1, 0.15) is 28.9 Å². The smallest absolute Gasteiger partial charge is 0.387 e. The summed E-state index contributed by atoms with van der Waals surface area (Å²) in [5.74, 6) is 0.454. The Labute approximate surface area is 133 Å². The minimum atomic E-state index is -2.88. The molecule has 1 N–H and O–H groups in total. The molecule has 0 aliphatic heterocycles. The summed E-state index contributed by atoms with van der Waals surface area (Å²) in [5, 5.41) is 2.81. The maximum atomic E-state index is 12.2. The van der Waals surface area contributed by atoms with Crippen LogP contribution in [0.5, 0.6) is 11.5 Å². The molecule has 0 saturated heterocycles. The van der Waals surface area contributed by atoms with Crippen LogP contribution in [-0.2, 0) is 0 Å². The number of halogens is 2. The average molecular weight is 321 g/mol. The van der Waals surface area contributed by atoms with Crippen molar-refractivity contribution in [3.63, 3.8) is 0 Å². The number of carbonyl (C=O) groups is 1. The van der Waals surface area contributed by atoms with Crippen LogP contribution in [0.4, 0.5) is 8.78 Å². The van der Waals surface area contributed by atoms with Crippen LogP contribution in [0, 0.1) is 0 Å². The number of hydrogen-bond acceptors (Lipinski definition) is 3. The lowest BCUT2D eigenvalue weighted by Gasteiger charge is -2.15. The third-order valence-corrected chi connectivity index (χ3v) is 3.28. The Balaban J connectivity index is 2.05. The topological polar surface area (TPSA) is 47.6 Å². The maximum Gasteiger partial charge on any atom is 0.387 e. The number of carbonyl (C=O) groups excluding carboxylic acids is 1. The summed E-state index contributed by atoms with van der Waals surface area (Å²) in [4.78, 5) is 12.2. The number of amides is 1. The number of ether oxygens (including phenoxy) is 2. The van der Waals surface area contributed by atoms with E-state index in [2.05, 4.69) is 10.1 Å². The molecule has 1 amide bonds. The molecule has 2 aromatic carbocycles. The van der Waals surface area contributed by atoms with Gasteiger partial charge < -0.3 is 14.8 Å². The average Bonchev–Trinajstić information content (AvgIpc) is 2.54. The van der Waals surface area contributed by atoms with Gasteiger partial charge in [0.15, 0.2) is 0 Å². The Hall–Kier alpha value is -2.63. The van der Waals surface area contributed by atoms with Gasteiger partial charge in [0.2, 0.25) is 0 Å². The van der Waals surface area contributed by atoms with Crippen LogP contribution in [-0.4, -0.2) is 19.6 Å². The van der Waals surface area contributed by atoms with Gasteiger partial charge in [-0.25, -0.2) is 0 Å². The van der Waals surface area contributed by atoms with Crippen LogP contribution >= 0.6 is 0 Å². The summed E-state index contributed by atoms with van der Waals surface area (Å²) in [6.45, 7) is -1.11. The fourth-order valence-corrected chi connectivity index (χ4v) is 2.07. The first kappa shape index (κ1) is 16.7. The highest BCUT2D eigenvalue weighted by molar-refractivity contribution is 5.94. The van der Waals surface area contributed by atoms with Gasteiger partial charge in [-0.2, -0.15) is 8.78 Å². The summed E-state index contributed by atoms with van der Waals surface area (Å²) in [5.41, 5.74) is 1.16. The standard InChI is InChI=1S/C17H17F2NO3/c1-11(13-4-3-5-15(10-13)23-17(18)19)20-16(21)12-6-8-14(22-2)9-7-12/h3-11,17H,1-2H3,(H,20,21). The van der Waals surface area contributed by atoms with Crippen LogP contribution in [0.2, 0.25) is 0 Å². The van der Waals surface area contributed by atoms with E-state index in [0.717, 1.165) is 0 Å². The molecule has 1 unspecified atom stereocenters. The van der Waals surface area contributed by atoms with Crippen molar-refractivity contribution >= 4 is 5.91 Å². The molecule has 0 fully saturated rings. The lowest BCUT2D eigenvalue weighted by atomic mass is 10.1. The Kier molecular flexibility index (Phi) is 5.51. The zero-order chi connectivity index (χ0) is 16.8. The zero-order valence-corrected chi connectivity index (χ0v) is 12.8. The number of rotatable bonds is 6. The van der Waals surface area contributed by atoms with Gasteiger partial charge in [-0.05, 0) is 48.9 Å². The molecule has 0 heterocycles. The number of nitrogens with one attached hydrogen (secondary N) is 1. The molecule has 4 nitrogen and oxygen atoms in total. The van der Waals surface area contributed by atoms with Crippen LogP contribution in [0.15, 0.2) is 48.5 Å². The summed E-state index contributed by atoms with van der Waals surface area (Å²) < 4.78 is 33.9. The van der Waals surface area contributed by atoms with Gasteiger partial charge in [-0.3, -0.25) is 4.79 Å². The minimum Gasteiger partial charge on any atom is -0.497 e. The number of hydrogen-bond donors (Lipinski definition) is 1. The van der Waals surface area contributed by atoms with E-state index < -0.39 is 6.61 Å². The molecule has 0 bridgehead atoms. The summed E-state index contributed by atoms with van der Waals surface area (Å²) in [6, 6.07) is 12.6. The number of methoxy groups -OCH3 is 1. The van der Waals surface area contributed by atoms with Crippen molar-refractivity contribution in [1.29, 1.82) is 0 Å². The van der Waals surface area contributed by atoms with E-state index in [0.29, 0.717) is 16.9 Å². The molecule has 0 spiro atoms. The lowest BCUT2D eigenvalue weighted by molar-refractivity contribution is -0.0499. The van der Waals surface area contributed by atoms with E-state index in [1.807, 2.05) is 0 Å². The molecule has 6 heteroatoms. The van der Waals surface area contributed by atoms with E-state index in [9.17, 15) is 13.6 Å². The second-order valence-corrected chi connectivity index (χ2v) is 4.87. The highest BCUT2D eigenvalue weighted by atomic mass is 19.3. The number of alkyl halides is 2. The predicted octanol–water partition coefficient (Wildman–Crippen LogP) is 3.79. The monoisotopic (exact) mass is 321 g/mol. The first-order valence-electron chi connectivity index (χ1n) is 6.99. The van der Waals surface area contributed by atoms with Crippen molar-refractivity contribution in [2.75, 3.05) is 7.11 Å². The Bertz CT molecular complexity index is 659. The fraction of sp³-hybridized carbons (Fsp3) is 0.235. The molecule has 1 atom stereocenters. The molecule has 23 heavy (non-hydrogen) atoms. The largest absolute Gasteiger partial charge is 0.497 e. The molecule has 2 aromatic rings. The van der Waals surface area contributed by atoms with Crippen molar-refractivity contribution in [2.45, 2.75) is 19.6 Å². The number of benzene rings is 2. The Morgan fingerprint density at radius 1 is 1.09 bits per heavy atom. The quantitative estimate of drug-likeness (QED) is 0.880. The van der Waals surface area contributed by atoms with Gasteiger partial charge in [0.25, 0.3) is 5.91 Å². The molecule has 0 radical (unpaired) electrons. The first-order valence-corrected chi connectivity index (χ1v) is 6.99. The Morgan fingerprint density at radius 3 is 2.39 bits per heavy atom. The molecular weight excluding hydrogens is 304 g/mol. The van der Waals surface area contributed by atoms with Gasteiger partial charge in [-0.1, -0.05) is 12.1 Å². The summed E-state index contributed by atoms with van der Waals surface area (Å²) in [6.07, 6.45) is 0. The van der Waals surface area contributed by atoms with Crippen molar-refractivity contribution in [2.24, 2.45) is 0 Å². The normalized spacial score (nSPS) is 11.9. The van der Waals surface area contributed by atoms with E-state index >= 15 is 0 Å². The SMILES string of the molecule is COc1ccc(C(=O)NC(C)c2cccc(OC(F)F)c2)cc1. The molecule has 2 rings (SSSR count). The molecule has 0 aliphatic carbocycles.